The summed E-state index contributed by atoms with van der Waals surface area (Å²) in [5.41, 5.74) is 0. The number of carbonyl (C=O) groups is 1. The van der Waals surface area contributed by atoms with E-state index in [1.807, 2.05) is 18.7 Å². The van der Waals surface area contributed by atoms with Crippen LogP contribution in [0.3, 0.4) is 0 Å². The quantitative estimate of drug-likeness (QED) is 0.698. The number of nitrogens with one attached hydrogen (secondary N) is 1. The summed E-state index contributed by atoms with van der Waals surface area (Å²) in [7, 11) is 2.07. The molecular formula is C10H21N3O. The van der Waals surface area contributed by atoms with Gasteiger partial charge in [-0.25, -0.2) is 0 Å². The Bertz CT molecular complexity index is 208. The molecule has 1 aliphatic heterocycles. The van der Waals surface area contributed by atoms with E-state index in [-0.39, 0.29) is 18.1 Å². The number of amides is 1. The van der Waals surface area contributed by atoms with Crippen LogP contribution in [0.5, 0.6) is 0 Å². The van der Waals surface area contributed by atoms with Crippen LogP contribution in [-0.4, -0.2) is 54.6 Å². The molecule has 2 unspecified atom stereocenters. The van der Waals surface area contributed by atoms with E-state index in [0.717, 1.165) is 19.6 Å². The fraction of sp³-hybridized carbons (Fsp3) is 0.900. The van der Waals surface area contributed by atoms with Crippen LogP contribution in [0.15, 0.2) is 0 Å². The summed E-state index contributed by atoms with van der Waals surface area (Å²) < 4.78 is 0. The molecule has 2 atom stereocenters. The van der Waals surface area contributed by atoms with Gasteiger partial charge in [0, 0.05) is 13.1 Å². The molecule has 1 N–H and O–H groups in total. The van der Waals surface area contributed by atoms with Crippen molar-refractivity contribution in [2.45, 2.75) is 33.0 Å². The lowest BCUT2D eigenvalue weighted by atomic mass is 10.3. The van der Waals surface area contributed by atoms with E-state index >= 15 is 0 Å². The van der Waals surface area contributed by atoms with E-state index in [2.05, 4.69) is 24.2 Å². The van der Waals surface area contributed by atoms with E-state index in [0.29, 0.717) is 0 Å². The van der Waals surface area contributed by atoms with Gasteiger partial charge in [-0.3, -0.25) is 10.1 Å². The van der Waals surface area contributed by atoms with Gasteiger partial charge in [0.15, 0.2) is 0 Å². The average molecular weight is 199 g/mol. The molecule has 1 heterocycles. The van der Waals surface area contributed by atoms with Gasteiger partial charge in [-0.05, 0) is 27.4 Å². The minimum Gasteiger partial charge on any atom is -0.325 e. The highest BCUT2D eigenvalue weighted by Crippen LogP contribution is 2.09. The fourth-order valence-corrected chi connectivity index (χ4v) is 1.70. The molecule has 1 rings (SSSR count). The zero-order valence-corrected chi connectivity index (χ0v) is 9.58. The molecular weight excluding hydrogens is 178 g/mol. The van der Waals surface area contributed by atoms with Gasteiger partial charge in [0.1, 0.15) is 0 Å². The Hall–Kier alpha value is -0.610. The first kappa shape index (κ1) is 11.5. The SMILES string of the molecule is CCN(C)CCN1C(=O)C(C)NC1C. The third-order valence-electron chi connectivity index (χ3n) is 2.87. The van der Waals surface area contributed by atoms with E-state index < -0.39 is 0 Å². The van der Waals surface area contributed by atoms with Gasteiger partial charge in [0.05, 0.1) is 12.2 Å². The van der Waals surface area contributed by atoms with Crippen LogP contribution in [0.2, 0.25) is 0 Å². The van der Waals surface area contributed by atoms with Gasteiger partial charge in [-0.15, -0.1) is 0 Å². The van der Waals surface area contributed by atoms with Crippen LogP contribution in [0, 0.1) is 0 Å². The van der Waals surface area contributed by atoms with Crippen molar-refractivity contribution in [1.29, 1.82) is 0 Å². The standard InChI is InChI=1S/C10H21N3O/c1-5-12(4)6-7-13-9(3)11-8(2)10(13)14/h8-9,11H,5-7H2,1-4H3. The van der Waals surface area contributed by atoms with Crippen molar-refractivity contribution in [3.8, 4) is 0 Å². The minimum absolute atomic E-state index is 0.0167. The van der Waals surface area contributed by atoms with E-state index in [9.17, 15) is 4.79 Å². The number of hydrogen-bond donors (Lipinski definition) is 1. The summed E-state index contributed by atoms with van der Waals surface area (Å²) in [6.45, 7) is 8.87. The third-order valence-corrected chi connectivity index (χ3v) is 2.87. The second kappa shape index (κ2) is 4.75. The monoisotopic (exact) mass is 199 g/mol. The lowest BCUT2D eigenvalue weighted by molar-refractivity contribution is -0.129. The van der Waals surface area contributed by atoms with Crippen molar-refractivity contribution >= 4 is 5.91 Å². The maximum atomic E-state index is 11.7. The molecule has 0 radical (unpaired) electrons. The molecule has 0 bridgehead atoms. The summed E-state index contributed by atoms with van der Waals surface area (Å²) in [4.78, 5) is 15.8. The first-order valence-corrected chi connectivity index (χ1v) is 5.31. The van der Waals surface area contributed by atoms with Gasteiger partial charge in [-0.1, -0.05) is 6.92 Å². The van der Waals surface area contributed by atoms with Crippen LogP contribution in [-0.2, 0) is 4.79 Å². The lowest BCUT2D eigenvalue weighted by Gasteiger charge is -2.23. The maximum Gasteiger partial charge on any atom is 0.240 e. The average Bonchev–Trinajstić information content (AvgIpc) is 2.39. The molecule has 0 aromatic carbocycles. The summed E-state index contributed by atoms with van der Waals surface area (Å²) in [5, 5.41) is 3.22. The number of nitrogens with zero attached hydrogens (tertiary/aromatic N) is 2. The van der Waals surface area contributed by atoms with Crippen molar-refractivity contribution in [2.75, 3.05) is 26.7 Å². The highest BCUT2D eigenvalue weighted by molar-refractivity contribution is 5.83. The number of rotatable bonds is 4. The number of likely N-dealkylation sites (N-methyl/N-ethyl adjacent to an activating group) is 1. The molecule has 0 aromatic rings. The normalized spacial score (nSPS) is 27.8. The Morgan fingerprint density at radius 2 is 2.14 bits per heavy atom. The van der Waals surface area contributed by atoms with Crippen LogP contribution in [0.1, 0.15) is 20.8 Å². The Labute approximate surface area is 86.2 Å². The predicted octanol–water partition coefficient (Wildman–Crippen LogP) is 0.104. The highest BCUT2D eigenvalue weighted by atomic mass is 16.2. The molecule has 14 heavy (non-hydrogen) atoms. The van der Waals surface area contributed by atoms with Gasteiger partial charge in [-0.2, -0.15) is 0 Å². The fourth-order valence-electron chi connectivity index (χ4n) is 1.70. The third kappa shape index (κ3) is 2.45. The van der Waals surface area contributed by atoms with E-state index in [1.54, 1.807) is 0 Å². The van der Waals surface area contributed by atoms with Crippen LogP contribution in [0.4, 0.5) is 0 Å². The lowest BCUT2D eigenvalue weighted by Crippen LogP contribution is -2.40. The summed E-state index contributed by atoms with van der Waals surface area (Å²) >= 11 is 0. The molecule has 0 saturated carbocycles. The van der Waals surface area contributed by atoms with Crippen molar-refractivity contribution in [3.05, 3.63) is 0 Å². The Kier molecular flexibility index (Phi) is 3.89. The van der Waals surface area contributed by atoms with Crippen molar-refractivity contribution in [2.24, 2.45) is 0 Å². The molecule has 0 aromatic heterocycles. The largest absolute Gasteiger partial charge is 0.325 e. The number of hydrogen-bond acceptors (Lipinski definition) is 3. The summed E-state index contributed by atoms with van der Waals surface area (Å²) in [6, 6.07) is -0.0167. The smallest absolute Gasteiger partial charge is 0.240 e. The topological polar surface area (TPSA) is 35.6 Å². The van der Waals surface area contributed by atoms with Crippen LogP contribution in [0.25, 0.3) is 0 Å². The number of carbonyl (C=O) groups excluding carboxylic acids is 1. The Balaban J connectivity index is 2.40. The first-order valence-electron chi connectivity index (χ1n) is 5.31. The van der Waals surface area contributed by atoms with Crippen LogP contribution >= 0.6 is 0 Å². The van der Waals surface area contributed by atoms with Gasteiger partial charge in [0.25, 0.3) is 0 Å². The molecule has 1 saturated heterocycles. The maximum absolute atomic E-state index is 11.7. The van der Waals surface area contributed by atoms with Gasteiger partial charge in [0.2, 0.25) is 5.91 Å². The molecule has 82 valence electrons. The second-order valence-corrected chi connectivity index (χ2v) is 3.99. The minimum atomic E-state index is -0.0167. The molecule has 1 amide bonds. The Morgan fingerprint density at radius 3 is 2.57 bits per heavy atom. The summed E-state index contributed by atoms with van der Waals surface area (Å²) in [6.07, 6.45) is 0.183. The zero-order valence-electron chi connectivity index (χ0n) is 9.58. The van der Waals surface area contributed by atoms with E-state index in [4.69, 9.17) is 0 Å². The van der Waals surface area contributed by atoms with Crippen molar-refractivity contribution in [3.63, 3.8) is 0 Å². The molecule has 4 heteroatoms. The Morgan fingerprint density at radius 1 is 1.50 bits per heavy atom. The highest BCUT2D eigenvalue weighted by Gasteiger charge is 2.32. The van der Waals surface area contributed by atoms with Gasteiger partial charge < -0.3 is 9.80 Å². The van der Waals surface area contributed by atoms with E-state index in [1.165, 1.54) is 0 Å². The summed E-state index contributed by atoms with van der Waals surface area (Å²) in [5.74, 6) is 0.224. The van der Waals surface area contributed by atoms with Crippen LogP contribution < -0.4 is 5.32 Å². The van der Waals surface area contributed by atoms with Crippen molar-refractivity contribution < 1.29 is 4.79 Å². The second-order valence-electron chi connectivity index (χ2n) is 3.99. The molecule has 1 aliphatic rings. The predicted molar refractivity (Wildman–Crippen MR) is 56.9 cm³/mol. The van der Waals surface area contributed by atoms with Gasteiger partial charge >= 0.3 is 0 Å². The molecule has 4 nitrogen and oxygen atoms in total. The first-order chi connectivity index (χ1) is 6.56. The van der Waals surface area contributed by atoms with Crippen molar-refractivity contribution in [1.82, 2.24) is 15.1 Å². The molecule has 0 spiro atoms. The molecule has 1 fully saturated rings. The zero-order chi connectivity index (χ0) is 10.7. The molecule has 0 aliphatic carbocycles.